The first-order valence-corrected chi connectivity index (χ1v) is 9.44. The fraction of sp³-hybridized carbons (Fsp3) is 0.133. The summed E-state index contributed by atoms with van der Waals surface area (Å²) in [5, 5.41) is 2.66. The van der Waals surface area contributed by atoms with Gasteiger partial charge >= 0.3 is 6.09 Å². The highest BCUT2D eigenvalue weighted by Crippen LogP contribution is 2.32. The Balaban J connectivity index is 1.96. The van der Waals surface area contributed by atoms with Gasteiger partial charge in [0.2, 0.25) is 0 Å². The number of sulfone groups is 1. The number of amides is 1. The van der Waals surface area contributed by atoms with Gasteiger partial charge in [-0.2, -0.15) is 0 Å². The lowest BCUT2D eigenvalue weighted by Crippen LogP contribution is -2.19. The van der Waals surface area contributed by atoms with E-state index in [2.05, 4.69) is 5.32 Å². The number of halogens is 3. The largest absolute Gasteiger partial charge is 0.448 e. The summed E-state index contributed by atoms with van der Waals surface area (Å²) in [7, 11) is -3.78. The summed E-state index contributed by atoms with van der Waals surface area (Å²) in [6.45, 7) is -0.336. The summed E-state index contributed by atoms with van der Waals surface area (Å²) < 4.78 is 29.4. The molecule has 1 N–H and O–H groups in total. The smallest absolute Gasteiger partial charge is 0.411 e. The van der Waals surface area contributed by atoms with Crippen LogP contribution in [0.4, 0.5) is 10.5 Å². The van der Waals surface area contributed by atoms with E-state index in [-0.39, 0.29) is 26.6 Å². The number of ether oxygens (including phenoxy) is 1. The van der Waals surface area contributed by atoms with Gasteiger partial charge < -0.3 is 4.74 Å². The minimum atomic E-state index is -3.78. The van der Waals surface area contributed by atoms with E-state index in [1.54, 1.807) is 30.3 Å². The molecule has 2 rings (SSSR count). The number of rotatable bonds is 5. The molecule has 0 radical (unpaired) electrons. The molecule has 128 valence electrons. The van der Waals surface area contributed by atoms with Crippen LogP contribution in [0.1, 0.15) is 0 Å². The number of carbonyl (C=O) groups is 1. The molecule has 24 heavy (non-hydrogen) atoms. The molecule has 0 fully saturated rings. The Morgan fingerprint density at radius 3 is 2.29 bits per heavy atom. The highest BCUT2D eigenvalue weighted by Gasteiger charge is 2.20. The molecule has 0 saturated heterocycles. The number of anilines is 1. The molecule has 0 atom stereocenters. The Hall–Kier alpha value is -1.47. The molecule has 0 aliphatic heterocycles. The Morgan fingerprint density at radius 2 is 1.62 bits per heavy atom. The number of carbonyl (C=O) groups excluding carboxylic acids is 1. The van der Waals surface area contributed by atoms with E-state index in [0.717, 1.165) is 0 Å². The van der Waals surface area contributed by atoms with Crippen molar-refractivity contribution in [2.24, 2.45) is 0 Å². The topological polar surface area (TPSA) is 72.5 Å². The molecule has 0 bridgehead atoms. The summed E-state index contributed by atoms with van der Waals surface area (Å²) >= 11 is 17.5. The van der Waals surface area contributed by atoms with E-state index in [1.165, 1.54) is 12.1 Å². The van der Waals surface area contributed by atoms with E-state index in [9.17, 15) is 13.2 Å². The lowest BCUT2D eigenvalue weighted by Gasteiger charge is -2.09. The molecule has 2 aromatic rings. The summed E-state index contributed by atoms with van der Waals surface area (Å²) in [6.07, 6.45) is -0.753. The summed E-state index contributed by atoms with van der Waals surface area (Å²) in [5.74, 6) is -0.438. The molecule has 2 aromatic carbocycles. The highest BCUT2D eigenvalue weighted by molar-refractivity contribution is 7.91. The number of hydrogen-bond donors (Lipinski definition) is 1. The molecule has 0 aromatic heterocycles. The molecule has 0 aliphatic rings. The van der Waals surface area contributed by atoms with Crippen molar-refractivity contribution in [2.75, 3.05) is 17.7 Å². The van der Waals surface area contributed by atoms with Crippen LogP contribution in [0.5, 0.6) is 0 Å². The van der Waals surface area contributed by atoms with Crippen molar-refractivity contribution in [3.05, 3.63) is 57.5 Å². The molecule has 0 spiro atoms. The lowest BCUT2D eigenvalue weighted by atomic mass is 10.3. The van der Waals surface area contributed by atoms with Gasteiger partial charge in [-0.25, -0.2) is 13.2 Å². The minimum Gasteiger partial charge on any atom is -0.448 e. The zero-order valence-electron chi connectivity index (χ0n) is 12.1. The molecule has 0 unspecified atom stereocenters. The van der Waals surface area contributed by atoms with Crippen LogP contribution in [0.15, 0.2) is 47.4 Å². The van der Waals surface area contributed by atoms with Crippen molar-refractivity contribution >= 4 is 56.4 Å². The van der Waals surface area contributed by atoms with E-state index in [0.29, 0.717) is 5.69 Å². The number of nitrogens with one attached hydrogen (secondary N) is 1. The maximum absolute atomic E-state index is 12.3. The zero-order valence-corrected chi connectivity index (χ0v) is 15.2. The average Bonchev–Trinajstić information content (AvgIpc) is 2.51. The molecular formula is C15H12Cl3NO4S. The van der Waals surface area contributed by atoms with Gasteiger partial charge in [0.05, 0.1) is 25.7 Å². The predicted octanol–water partition coefficient (Wildman–Crippen LogP) is 4.67. The monoisotopic (exact) mass is 407 g/mol. The third-order valence-electron chi connectivity index (χ3n) is 2.92. The van der Waals surface area contributed by atoms with E-state index in [4.69, 9.17) is 39.5 Å². The van der Waals surface area contributed by atoms with Gasteiger partial charge in [0, 0.05) is 5.69 Å². The van der Waals surface area contributed by atoms with Crippen LogP contribution >= 0.6 is 34.8 Å². The van der Waals surface area contributed by atoms with Crippen LogP contribution in [0.25, 0.3) is 0 Å². The fourth-order valence-electron chi connectivity index (χ4n) is 1.77. The van der Waals surface area contributed by atoms with Gasteiger partial charge in [-0.15, -0.1) is 0 Å². The number of para-hydroxylation sites is 1. The van der Waals surface area contributed by atoms with Gasteiger partial charge in [0.25, 0.3) is 0 Å². The van der Waals surface area contributed by atoms with Crippen LogP contribution in [-0.4, -0.2) is 26.9 Å². The van der Waals surface area contributed by atoms with E-state index < -0.39 is 21.7 Å². The van der Waals surface area contributed by atoms with Crippen molar-refractivity contribution in [3.63, 3.8) is 0 Å². The van der Waals surface area contributed by atoms with Crippen LogP contribution < -0.4 is 5.32 Å². The summed E-state index contributed by atoms with van der Waals surface area (Å²) in [5.41, 5.74) is 0.540. The van der Waals surface area contributed by atoms with Crippen molar-refractivity contribution in [2.45, 2.75) is 4.90 Å². The molecule has 9 heteroatoms. The third-order valence-corrected chi connectivity index (χ3v) is 5.77. The number of benzene rings is 2. The Bertz CT molecular complexity index is 841. The number of hydrogen-bond acceptors (Lipinski definition) is 4. The average molecular weight is 409 g/mol. The Labute approximate surface area is 154 Å². The second-order valence-corrected chi connectivity index (χ2v) is 7.94. The van der Waals surface area contributed by atoms with Gasteiger partial charge in [-0.05, 0) is 24.3 Å². The molecule has 0 heterocycles. The zero-order chi connectivity index (χ0) is 17.7. The van der Waals surface area contributed by atoms with Gasteiger partial charge in [-0.1, -0.05) is 53.0 Å². The van der Waals surface area contributed by atoms with Gasteiger partial charge in [0.1, 0.15) is 6.61 Å². The molecule has 0 saturated carbocycles. The molecule has 1 amide bonds. The molecular weight excluding hydrogens is 397 g/mol. The predicted molar refractivity (Wildman–Crippen MR) is 94.9 cm³/mol. The fourth-order valence-corrected chi connectivity index (χ4v) is 3.91. The van der Waals surface area contributed by atoms with Crippen LogP contribution in [0.3, 0.4) is 0 Å². The lowest BCUT2D eigenvalue weighted by molar-refractivity contribution is 0.168. The van der Waals surface area contributed by atoms with Crippen LogP contribution in [0.2, 0.25) is 15.1 Å². The van der Waals surface area contributed by atoms with E-state index in [1.807, 2.05) is 0 Å². The summed E-state index contributed by atoms with van der Waals surface area (Å²) in [6, 6.07) is 11.1. The van der Waals surface area contributed by atoms with Crippen molar-refractivity contribution < 1.29 is 17.9 Å². The first kappa shape index (κ1) is 18.9. The molecule has 5 nitrogen and oxygen atoms in total. The second-order valence-electron chi connectivity index (χ2n) is 4.64. The van der Waals surface area contributed by atoms with E-state index >= 15 is 0 Å². The van der Waals surface area contributed by atoms with Gasteiger partial charge in [0.15, 0.2) is 9.84 Å². The normalized spacial score (nSPS) is 11.1. The quantitative estimate of drug-likeness (QED) is 0.730. The third kappa shape index (κ3) is 5.01. The standard InChI is InChI=1S/C15H12Cl3NO4S/c16-11-8-13(18)14(9-12(11)17)24(21,22)7-6-23-15(20)19-10-4-2-1-3-5-10/h1-5,8-9H,6-7H2,(H,19,20). The van der Waals surface area contributed by atoms with Crippen LogP contribution in [-0.2, 0) is 14.6 Å². The second kappa shape index (κ2) is 8.07. The highest BCUT2D eigenvalue weighted by atomic mass is 35.5. The Morgan fingerprint density at radius 1 is 1.00 bits per heavy atom. The van der Waals surface area contributed by atoms with Crippen LogP contribution in [0, 0.1) is 0 Å². The SMILES string of the molecule is O=C(Nc1ccccc1)OCCS(=O)(=O)c1cc(Cl)c(Cl)cc1Cl. The Kier molecular flexibility index (Phi) is 6.34. The maximum atomic E-state index is 12.3. The first-order valence-electron chi connectivity index (χ1n) is 6.66. The minimum absolute atomic E-state index is 0.0434. The van der Waals surface area contributed by atoms with Crippen molar-refractivity contribution in [1.29, 1.82) is 0 Å². The van der Waals surface area contributed by atoms with Crippen molar-refractivity contribution in [3.8, 4) is 0 Å². The van der Waals surface area contributed by atoms with Crippen molar-refractivity contribution in [1.82, 2.24) is 0 Å². The maximum Gasteiger partial charge on any atom is 0.411 e. The van der Waals surface area contributed by atoms with Gasteiger partial charge in [-0.3, -0.25) is 5.32 Å². The first-order chi connectivity index (χ1) is 11.3. The molecule has 0 aliphatic carbocycles. The summed E-state index contributed by atoms with van der Waals surface area (Å²) in [4.78, 5) is 11.4.